The normalized spacial score (nSPS) is 11.1. The largest absolute Gasteiger partial charge is 0.448 e. The summed E-state index contributed by atoms with van der Waals surface area (Å²) < 4.78 is 7.21. The van der Waals surface area contributed by atoms with Gasteiger partial charge in [0.05, 0.1) is 6.26 Å². The van der Waals surface area contributed by atoms with Crippen LogP contribution in [0, 0.1) is 0 Å². The average molecular weight is 232 g/mol. The highest BCUT2D eigenvalue weighted by atomic mass is 32.2. The number of thioether (sulfide) groups is 1. The molecule has 5 nitrogen and oxygen atoms in total. The Morgan fingerprint density at radius 2 is 2.31 bits per heavy atom. The van der Waals surface area contributed by atoms with Gasteiger partial charge in [-0.05, 0) is 12.3 Å². The lowest BCUT2D eigenvalue weighted by molar-refractivity contribution is 0.521. The van der Waals surface area contributed by atoms with Gasteiger partial charge in [0, 0.05) is 12.3 Å². The van der Waals surface area contributed by atoms with Crippen LogP contribution < -0.4 is 0 Å². The molecule has 0 spiro atoms. The molecule has 0 N–H and O–H groups in total. The molecule has 0 saturated heterocycles. The van der Waals surface area contributed by atoms with Gasteiger partial charge in [0.1, 0.15) is 12.0 Å². The van der Waals surface area contributed by atoms with Gasteiger partial charge in [-0.25, -0.2) is 15.0 Å². The van der Waals surface area contributed by atoms with Crippen molar-refractivity contribution in [1.29, 1.82) is 0 Å². The van der Waals surface area contributed by atoms with Gasteiger partial charge in [0.2, 0.25) is 5.88 Å². The molecule has 0 aromatic carbocycles. The standard InChI is InChI=1S/C10H8N4OS/c1-16-10-13-9-7(11-6-12-9)5-14(10)8-3-2-4-15-8/h2-6H,1H3. The molecule has 2 aliphatic heterocycles. The first kappa shape index (κ1) is 9.41. The number of hydrogen-bond acceptors (Lipinski definition) is 5. The molecule has 1 aromatic rings. The van der Waals surface area contributed by atoms with E-state index < -0.39 is 0 Å². The molecule has 1 aromatic heterocycles. The van der Waals surface area contributed by atoms with Crippen LogP contribution in [0.1, 0.15) is 0 Å². The molecular formula is C10H8N4OS. The Bertz CT molecular complexity index is 575. The van der Waals surface area contributed by atoms with Gasteiger partial charge in [0.25, 0.3) is 0 Å². The van der Waals surface area contributed by atoms with Gasteiger partial charge < -0.3 is 4.42 Å². The van der Waals surface area contributed by atoms with Crippen molar-refractivity contribution in [2.75, 3.05) is 6.26 Å². The SMILES string of the molecule is CSc1nc2ncnc-2cn1-c1ccco1. The fraction of sp³-hybridized carbons (Fsp3) is 0.100. The fourth-order valence-electron chi connectivity index (χ4n) is 1.48. The molecule has 0 aliphatic carbocycles. The second-order valence-electron chi connectivity index (χ2n) is 3.13. The highest BCUT2D eigenvalue weighted by molar-refractivity contribution is 7.98. The van der Waals surface area contributed by atoms with Crippen LogP contribution in [0.3, 0.4) is 0 Å². The first-order valence-corrected chi connectivity index (χ1v) is 5.89. The Kier molecular flexibility index (Phi) is 2.14. The van der Waals surface area contributed by atoms with Crippen molar-refractivity contribution >= 4 is 11.8 Å². The molecule has 0 atom stereocenters. The minimum absolute atomic E-state index is 0.659. The van der Waals surface area contributed by atoms with Gasteiger partial charge in [-0.2, -0.15) is 0 Å². The molecule has 3 rings (SSSR count). The van der Waals surface area contributed by atoms with E-state index >= 15 is 0 Å². The summed E-state index contributed by atoms with van der Waals surface area (Å²) >= 11 is 1.54. The van der Waals surface area contributed by atoms with E-state index in [1.54, 1.807) is 6.26 Å². The summed E-state index contributed by atoms with van der Waals surface area (Å²) in [4.78, 5) is 12.6. The number of hydrogen-bond donors (Lipinski definition) is 0. The van der Waals surface area contributed by atoms with Crippen LogP contribution in [-0.4, -0.2) is 25.8 Å². The summed E-state index contributed by atoms with van der Waals surface area (Å²) in [6, 6.07) is 3.72. The maximum Gasteiger partial charge on any atom is 0.205 e. The van der Waals surface area contributed by atoms with Gasteiger partial charge in [-0.3, -0.25) is 4.57 Å². The second kappa shape index (κ2) is 3.64. The minimum Gasteiger partial charge on any atom is -0.448 e. The molecule has 0 amide bonds. The molecule has 6 heteroatoms. The molecule has 3 heterocycles. The first-order chi connectivity index (χ1) is 7.88. The molecule has 0 unspecified atom stereocenters. The number of aromatic nitrogens is 4. The molecule has 2 aliphatic rings. The molecule has 80 valence electrons. The smallest absolute Gasteiger partial charge is 0.205 e. The fourth-order valence-corrected chi connectivity index (χ4v) is 1.99. The van der Waals surface area contributed by atoms with Gasteiger partial charge >= 0.3 is 0 Å². The number of rotatable bonds is 2. The van der Waals surface area contributed by atoms with Crippen LogP contribution in [0.2, 0.25) is 0 Å². The molecule has 0 bridgehead atoms. The van der Waals surface area contributed by atoms with E-state index in [-0.39, 0.29) is 0 Å². The van der Waals surface area contributed by atoms with Crippen LogP contribution in [0.4, 0.5) is 0 Å². The summed E-state index contributed by atoms with van der Waals surface area (Å²) in [6.45, 7) is 0. The quantitative estimate of drug-likeness (QED) is 0.500. The Hall–Kier alpha value is -1.82. The summed E-state index contributed by atoms with van der Waals surface area (Å²) in [5.74, 6) is 1.38. The Morgan fingerprint density at radius 3 is 3.06 bits per heavy atom. The third-order valence-electron chi connectivity index (χ3n) is 2.19. The summed E-state index contributed by atoms with van der Waals surface area (Å²) in [7, 11) is 0. The van der Waals surface area contributed by atoms with Gasteiger partial charge in [-0.15, -0.1) is 0 Å². The van der Waals surface area contributed by atoms with E-state index in [1.165, 1.54) is 18.1 Å². The summed E-state index contributed by atoms with van der Waals surface area (Å²) in [6.07, 6.45) is 6.98. The summed E-state index contributed by atoms with van der Waals surface area (Å²) in [5.41, 5.74) is 0.759. The van der Waals surface area contributed by atoms with E-state index in [1.807, 2.05) is 29.2 Å². The van der Waals surface area contributed by atoms with Crippen molar-refractivity contribution in [3.8, 4) is 17.4 Å². The Balaban J connectivity index is 2.26. The Morgan fingerprint density at radius 1 is 1.38 bits per heavy atom. The third kappa shape index (κ3) is 1.38. The molecule has 0 saturated carbocycles. The van der Waals surface area contributed by atoms with E-state index in [4.69, 9.17) is 4.42 Å². The average Bonchev–Trinajstić information content (AvgIpc) is 2.97. The highest BCUT2D eigenvalue weighted by Crippen LogP contribution is 2.23. The number of furan rings is 1. The zero-order valence-electron chi connectivity index (χ0n) is 8.49. The maximum atomic E-state index is 5.35. The van der Waals surface area contributed by atoms with Crippen molar-refractivity contribution < 1.29 is 4.42 Å². The number of nitrogens with zero attached hydrogens (tertiary/aromatic N) is 4. The first-order valence-electron chi connectivity index (χ1n) is 4.66. The number of imidazole rings is 1. The lowest BCUT2D eigenvalue weighted by Crippen LogP contribution is -2.03. The topological polar surface area (TPSA) is 56.7 Å². The van der Waals surface area contributed by atoms with E-state index in [0.29, 0.717) is 5.82 Å². The summed E-state index contributed by atoms with van der Waals surface area (Å²) in [5, 5.41) is 0.822. The van der Waals surface area contributed by atoms with Crippen LogP contribution in [-0.2, 0) is 0 Å². The van der Waals surface area contributed by atoms with Crippen molar-refractivity contribution in [2.45, 2.75) is 5.16 Å². The van der Waals surface area contributed by atoms with Gasteiger partial charge in [-0.1, -0.05) is 11.8 Å². The lowest BCUT2D eigenvalue weighted by atomic mass is 10.4. The van der Waals surface area contributed by atoms with Crippen molar-refractivity contribution in [3.63, 3.8) is 0 Å². The van der Waals surface area contributed by atoms with Crippen molar-refractivity contribution in [2.24, 2.45) is 0 Å². The molecular weight excluding hydrogens is 224 g/mol. The molecule has 0 fully saturated rings. The van der Waals surface area contributed by atoms with Crippen LogP contribution in [0.25, 0.3) is 17.4 Å². The number of fused-ring (bicyclic) bond motifs is 1. The van der Waals surface area contributed by atoms with Crippen molar-refractivity contribution in [3.05, 3.63) is 30.9 Å². The predicted octanol–water partition coefficient (Wildman–Crippen LogP) is 2.08. The highest BCUT2D eigenvalue weighted by Gasteiger charge is 2.14. The zero-order valence-corrected chi connectivity index (χ0v) is 9.31. The molecule has 16 heavy (non-hydrogen) atoms. The second-order valence-corrected chi connectivity index (χ2v) is 3.90. The van der Waals surface area contributed by atoms with Crippen molar-refractivity contribution in [1.82, 2.24) is 19.5 Å². The monoisotopic (exact) mass is 232 g/mol. The third-order valence-corrected chi connectivity index (χ3v) is 2.84. The minimum atomic E-state index is 0.659. The van der Waals surface area contributed by atoms with E-state index in [9.17, 15) is 0 Å². The van der Waals surface area contributed by atoms with E-state index in [0.717, 1.165) is 16.7 Å². The van der Waals surface area contributed by atoms with Crippen LogP contribution in [0.5, 0.6) is 0 Å². The van der Waals surface area contributed by atoms with E-state index in [2.05, 4.69) is 15.0 Å². The van der Waals surface area contributed by atoms with Crippen LogP contribution in [0.15, 0.2) is 40.5 Å². The van der Waals surface area contributed by atoms with Gasteiger partial charge in [0.15, 0.2) is 11.0 Å². The lowest BCUT2D eigenvalue weighted by Gasteiger charge is -2.09. The molecule has 0 radical (unpaired) electrons. The maximum absolute atomic E-state index is 5.35. The van der Waals surface area contributed by atoms with Crippen LogP contribution >= 0.6 is 11.8 Å². The zero-order chi connectivity index (χ0) is 11.0. The Labute approximate surface area is 95.9 Å². The predicted molar refractivity (Wildman–Crippen MR) is 59.8 cm³/mol.